The van der Waals surface area contributed by atoms with Crippen molar-refractivity contribution >= 4 is 43.1 Å². The summed E-state index contributed by atoms with van der Waals surface area (Å²) in [5.74, 6) is 0. The average Bonchev–Trinajstić information content (AvgIpc) is 3.50. The Kier molecular flexibility index (Phi) is 4.42. The molecule has 0 spiro atoms. The second-order valence-electron chi connectivity index (χ2n) is 10.9. The molecule has 8 aromatic rings. The lowest BCUT2D eigenvalue weighted by atomic mass is 9.99. The number of hydrogen-bond donors (Lipinski definition) is 0. The fourth-order valence-corrected chi connectivity index (χ4v) is 6.95. The summed E-state index contributed by atoms with van der Waals surface area (Å²) >= 11 is 0. The van der Waals surface area contributed by atoms with Gasteiger partial charge in [-0.3, -0.25) is 0 Å². The number of fused-ring (bicyclic) bond motifs is 8. The summed E-state index contributed by atoms with van der Waals surface area (Å²) in [4.78, 5) is 0. The van der Waals surface area contributed by atoms with Gasteiger partial charge in [-0.2, -0.15) is 0 Å². The Morgan fingerprint density at radius 1 is 0.200 bits per heavy atom. The van der Waals surface area contributed by atoms with Gasteiger partial charge in [0.15, 0.2) is 0 Å². The van der Waals surface area contributed by atoms with Gasteiger partial charge in [0.1, 0.15) is 0 Å². The van der Waals surface area contributed by atoms with Crippen LogP contribution in [-0.4, -0.2) is 0 Å². The Balaban J connectivity index is 0.000000115. The maximum absolute atomic E-state index is 2.33. The van der Waals surface area contributed by atoms with Gasteiger partial charge in [0, 0.05) is 0 Å². The summed E-state index contributed by atoms with van der Waals surface area (Å²) in [6, 6.07) is 53.0. The van der Waals surface area contributed by atoms with Crippen molar-refractivity contribution in [3.63, 3.8) is 0 Å². The summed E-state index contributed by atoms with van der Waals surface area (Å²) in [7, 11) is 0. The molecule has 184 valence electrons. The van der Waals surface area contributed by atoms with Crippen molar-refractivity contribution in [2.45, 2.75) is 0 Å². The molecule has 0 bridgehead atoms. The van der Waals surface area contributed by atoms with Gasteiger partial charge in [-0.05, 0) is 112 Å². The quantitative estimate of drug-likeness (QED) is 0.193. The topological polar surface area (TPSA) is 0 Å². The molecule has 0 saturated carbocycles. The molecule has 0 amide bonds. The largest absolute Gasteiger partial charge is 0.0616 e. The molecule has 0 saturated heterocycles. The normalized spacial score (nSPS) is 12.0. The van der Waals surface area contributed by atoms with E-state index in [1.807, 2.05) is 0 Å². The second kappa shape index (κ2) is 8.15. The van der Waals surface area contributed by atoms with Crippen molar-refractivity contribution in [2.75, 3.05) is 0 Å². The van der Waals surface area contributed by atoms with E-state index in [-0.39, 0.29) is 0 Å². The maximum atomic E-state index is 2.33. The van der Waals surface area contributed by atoms with E-state index in [1.54, 1.807) is 0 Å². The van der Waals surface area contributed by atoms with Gasteiger partial charge in [-0.15, -0.1) is 0 Å². The fraction of sp³-hybridized carbons (Fsp3) is 0. The maximum Gasteiger partial charge on any atom is -0.00264 e. The predicted molar refractivity (Wildman–Crippen MR) is 172 cm³/mol. The number of hydrogen-bond acceptors (Lipinski definition) is 0. The molecule has 8 aromatic carbocycles. The summed E-state index contributed by atoms with van der Waals surface area (Å²) < 4.78 is 0. The first-order valence-electron chi connectivity index (χ1n) is 13.9. The van der Waals surface area contributed by atoms with E-state index in [2.05, 4.69) is 146 Å². The van der Waals surface area contributed by atoms with Crippen molar-refractivity contribution in [1.82, 2.24) is 0 Å². The van der Waals surface area contributed by atoms with Crippen LogP contribution in [0, 0.1) is 0 Å². The lowest BCUT2D eigenvalue weighted by Crippen LogP contribution is -1.78. The summed E-state index contributed by atoms with van der Waals surface area (Å²) in [5, 5.41) is 10.7. The molecule has 10 rings (SSSR count). The van der Waals surface area contributed by atoms with Gasteiger partial charge >= 0.3 is 0 Å². The molecule has 0 heteroatoms. The van der Waals surface area contributed by atoms with E-state index in [0.717, 1.165) is 0 Å². The van der Waals surface area contributed by atoms with E-state index < -0.39 is 0 Å². The van der Waals surface area contributed by atoms with Crippen LogP contribution in [0.1, 0.15) is 0 Å². The molecule has 0 radical (unpaired) electrons. The average molecular weight is 505 g/mol. The lowest BCUT2D eigenvalue weighted by Gasteiger charge is -2.05. The smallest absolute Gasteiger partial charge is 0.00264 e. The van der Waals surface area contributed by atoms with Gasteiger partial charge in [-0.1, -0.05) is 121 Å². The van der Waals surface area contributed by atoms with Gasteiger partial charge < -0.3 is 0 Å². The molecular weight excluding hydrogens is 480 g/mol. The molecule has 0 nitrogen and oxygen atoms in total. The van der Waals surface area contributed by atoms with Gasteiger partial charge in [0.25, 0.3) is 0 Å². The van der Waals surface area contributed by atoms with Crippen molar-refractivity contribution in [1.29, 1.82) is 0 Å². The minimum Gasteiger partial charge on any atom is -0.0616 e. The molecule has 2 aliphatic carbocycles. The molecule has 0 heterocycles. The van der Waals surface area contributed by atoms with E-state index in [9.17, 15) is 0 Å². The monoisotopic (exact) mass is 504 g/mol. The van der Waals surface area contributed by atoms with E-state index in [0.29, 0.717) is 0 Å². The number of rotatable bonds is 0. The van der Waals surface area contributed by atoms with Crippen molar-refractivity contribution in [3.8, 4) is 44.5 Å². The molecule has 0 unspecified atom stereocenters. The Hall–Kier alpha value is -5.20. The third kappa shape index (κ3) is 3.02. The van der Waals surface area contributed by atoms with E-state index in [1.165, 1.54) is 87.6 Å². The molecule has 2 aliphatic rings. The first kappa shape index (κ1) is 21.7. The minimum absolute atomic E-state index is 1.32. The molecule has 0 aliphatic heterocycles. The zero-order valence-corrected chi connectivity index (χ0v) is 21.9. The van der Waals surface area contributed by atoms with Gasteiger partial charge in [0.05, 0.1) is 0 Å². The highest BCUT2D eigenvalue weighted by Gasteiger charge is 2.22. The predicted octanol–water partition coefficient (Wildman–Crippen LogP) is 11.3. The van der Waals surface area contributed by atoms with Crippen molar-refractivity contribution < 1.29 is 0 Å². The third-order valence-electron chi connectivity index (χ3n) is 8.74. The van der Waals surface area contributed by atoms with E-state index >= 15 is 0 Å². The van der Waals surface area contributed by atoms with Crippen LogP contribution in [0.4, 0.5) is 0 Å². The molecule has 40 heavy (non-hydrogen) atoms. The van der Waals surface area contributed by atoms with Crippen LogP contribution >= 0.6 is 0 Å². The molecule has 0 N–H and O–H groups in total. The number of benzene rings is 8. The molecular formula is C40H24. The van der Waals surface area contributed by atoms with Crippen LogP contribution in [0.15, 0.2) is 146 Å². The summed E-state index contributed by atoms with van der Waals surface area (Å²) in [5.41, 5.74) is 11.0. The van der Waals surface area contributed by atoms with E-state index in [4.69, 9.17) is 0 Å². The Morgan fingerprint density at radius 2 is 0.450 bits per heavy atom. The minimum atomic E-state index is 1.32. The highest BCUT2D eigenvalue weighted by atomic mass is 14.2. The molecule has 0 atom stereocenters. The lowest BCUT2D eigenvalue weighted by molar-refractivity contribution is 1.73. The highest BCUT2D eigenvalue weighted by Crippen LogP contribution is 2.49. The van der Waals surface area contributed by atoms with Crippen LogP contribution in [0.25, 0.3) is 87.6 Å². The van der Waals surface area contributed by atoms with Crippen LogP contribution in [-0.2, 0) is 0 Å². The first-order chi connectivity index (χ1) is 19.8. The Bertz CT molecular complexity index is 2000. The second-order valence-corrected chi connectivity index (χ2v) is 10.9. The summed E-state index contributed by atoms with van der Waals surface area (Å²) in [6.07, 6.45) is 0. The van der Waals surface area contributed by atoms with Crippen LogP contribution < -0.4 is 0 Å². The van der Waals surface area contributed by atoms with Crippen LogP contribution in [0.5, 0.6) is 0 Å². The van der Waals surface area contributed by atoms with Crippen molar-refractivity contribution in [2.24, 2.45) is 0 Å². The zero-order valence-electron chi connectivity index (χ0n) is 21.9. The third-order valence-corrected chi connectivity index (χ3v) is 8.74. The first-order valence-corrected chi connectivity index (χ1v) is 13.9. The molecule has 0 aromatic heterocycles. The fourth-order valence-electron chi connectivity index (χ4n) is 6.95. The van der Waals surface area contributed by atoms with Crippen molar-refractivity contribution in [3.05, 3.63) is 146 Å². The highest BCUT2D eigenvalue weighted by molar-refractivity contribution is 6.18. The zero-order chi connectivity index (χ0) is 26.2. The van der Waals surface area contributed by atoms with Crippen LogP contribution in [0.3, 0.4) is 0 Å². The molecule has 0 fully saturated rings. The standard InChI is InChI=1S/2C20H12/c2*1-2-6-15-12-19-17-10-4-8-13-7-3-9-16(20(13)17)18(19)11-14(15)5-1/h2*1-12H. The SMILES string of the molecule is c1ccc2cc3c(cc2c1)-c1cccc2cccc-3c12.c1ccc2cc3c(cc2c1)-c1cccc2cccc-3c12. The van der Waals surface area contributed by atoms with Gasteiger partial charge in [-0.25, -0.2) is 0 Å². The Morgan fingerprint density at radius 3 is 0.725 bits per heavy atom. The van der Waals surface area contributed by atoms with Crippen LogP contribution in [0.2, 0.25) is 0 Å². The summed E-state index contributed by atoms with van der Waals surface area (Å²) in [6.45, 7) is 0. The van der Waals surface area contributed by atoms with Gasteiger partial charge in [0.2, 0.25) is 0 Å². The Labute approximate surface area is 232 Å².